The quantitative estimate of drug-likeness (QED) is 0.834. The lowest BCUT2D eigenvalue weighted by Crippen LogP contribution is -2.34. The Morgan fingerprint density at radius 3 is 2.53 bits per heavy atom. The van der Waals surface area contributed by atoms with E-state index in [0.29, 0.717) is 0 Å². The molecular formula is C13H18ClN. The zero-order chi connectivity index (χ0) is 11.1. The molecule has 1 nitrogen and oxygen atoms in total. The first-order valence-corrected chi connectivity index (χ1v) is 5.91. The molecule has 1 fully saturated rings. The maximum atomic E-state index is 6.25. The van der Waals surface area contributed by atoms with Crippen LogP contribution in [0.3, 0.4) is 0 Å². The lowest BCUT2D eigenvalue weighted by Gasteiger charge is -2.18. The molecule has 1 aliphatic rings. The second kappa shape index (κ2) is 3.80. The highest BCUT2D eigenvalue weighted by Gasteiger charge is 2.25. The van der Waals surface area contributed by atoms with Crippen molar-refractivity contribution in [3.8, 4) is 0 Å². The number of hydrogen-bond acceptors (Lipinski definition) is 1. The van der Waals surface area contributed by atoms with Gasteiger partial charge < -0.3 is 5.73 Å². The highest BCUT2D eigenvalue weighted by atomic mass is 35.5. The van der Waals surface area contributed by atoms with Gasteiger partial charge in [0, 0.05) is 10.6 Å². The molecule has 0 saturated heterocycles. The fraction of sp³-hybridized carbons (Fsp3) is 0.538. The molecule has 0 radical (unpaired) electrons. The van der Waals surface area contributed by atoms with Crippen molar-refractivity contribution in [2.75, 3.05) is 0 Å². The maximum absolute atomic E-state index is 6.25. The molecule has 1 aromatic carbocycles. The van der Waals surface area contributed by atoms with Crippen molar-refractivity contribution < 1.29 is 0 Å². The number of rotatable bonds is 3. The van der Waals surface area contributed by atoms with Crippen LogP contribution >= 0.6 is 11.6 Å². The van der Waals surface area contributed by atoms with Crippen molar-refractivity contribution in [2.45, 2.75) is 44.6 Å². The standard InChI is InChI=1S/C13H18ClN/c1-13(2,15)8-9-3-6-11(10-4-5-10)12(14)7-9/h3,6-7,10H,4-5,8,15H2,1-2H3. The van der Waals surface area contributed by atoms with Gasteiger partial charge in [0.15, 0.2) is 0 Å². The van der Waals surface area contributed by atoms with E-state index in [9.17, 15) is 0 Å². The highest BCUT2D eigenvalue weighted by Crippen LogP contribution is 2.43. The summed E-state index contributed by atoms with van der Waals surface area (Å²) in [7, 11) is 0. The third kappa shape index (κ3) is 2.96. The fourth-order valence-electron chi connectivity index (χ4n) is 1.93. The van der Waals surface area contributed by atoms with Crippen molar-refractivity contribution >= 4 is 11.6 Å². The summed E-state index contributed by atoms with van der Waals surface area (Å²) in [5.41, 5.74) is 8.37. The Labute approximate surface area is 96.6 Å². The molecule has 0 heterocycles. The third-order valence-corrected chi connectivity index (χ3v) is 3.07. The molecule has 1 aliphatic carbocycles. The van der Waals surface area contributed by atoms with Gasteiger partial charge in [0.25, 0.3) is 0 Å². The Morgan fingerprint density at radius 1 is 1.40 bits per heavy atom. The first-order chi connectivity index (χ1) is 6.96. The van der Waals surface area contributed by atoms with Crippen LogP contribution in [0.2, 0.25) is 5.02 Å². The predicted octanol–water partition coefficient (Wildman–Crippen LogP) is 3.50. The lowest BCUT2D eigenvalue weighted by molar-refractivity contribution is 0.517. The van der Waals surface area contributed by atoms with E-state index in [4.69, 9.17) is 17.3 Å². The van der Waals surface area contributed by atoms with Crippen LogP contribution in [-0.2, 0) is 6.42 Å². The molecule has 0 spiro atoms. The van der Waals surface area contributed by atoms with E-state index in [1.165, 1.54) is 24.0 Å². The van der Waals surface area contributed by atoms with E-state index >= 15 is 0 Å². The van der Waals surface area contributed by atoms with Crippen molar-refractivity contribution in [3.63, 3.8) is 0 Å². The predicted molar refractivity (Wildman–Crippen MR) is 65.4 cm³/mol. The van der Waals surface area contributed by atoms with Crippen LogP contribution < -0.4 is 5.73 Å². The zero-order valence-electron chi connectivity index (χ0n) is 9.39. The van der Waals surface area contributed by atoms with E-state index in [1.54, 1.807) is 0 Å². The molecule has 2 rings (SSSR count). The molecule has 1 aromatic rings. The van der Waals surface area contributed by atoms with Crippen LogP contribution in [0.15, 0.2) is 18.2 Å². The SMILES string of the molecule is CC(C)(N)Cc1ccc(C2CC2)c(Cl)c1. The van der Waals surface area contributed by atoms with Crippen LogP contribution in [0.5, 0.6) is 0 Å². The highest BCUT2D eigenvalue weighted by molar-refractivity contribution is 6.31. The second-order valence-electron chi connectivity index (χ2n) is 5.30. The summed E-state index contributed by atoms with van der Waals surface area (Å²) in [6.45, 7) is 4.07. The molecule has 0 aliphatic heterocycles. The molecule has 2 heteroatoms. The van der Waals surface area contributed by atoms with Gasteiger partial charge >= 0.3 is 0 Å². The first kappa shape index (κ1) is 11.0. The van der Waals surface area contributed by atoms with Crippen molar-refractivity contribution in [3.05, 3.63) is 34.3 Å². The molecule has 2 N–H and O–H groups in total. The molecule has 82 valence electrons. The number of nitrogens with two attached hydrogens (primary N) is 1. The third-order valence-electron chi connectivity index (χ3n) is 2.74. The monoisotopic (exact) mass is 223 g/mol. The van der Waals surface area contributed by atoms with Gasteiger partial charge in [-0.15, -0.1) is 0 Å². The second-order valence-corrected chi connectivity index (χ2v) is 5.70. The summed E-state index contributed by atoms with van der Waals surface area (Å²) < 4.78 is 0. The summed E-state index contributed by atoms with van der Waals surface area (Å²) in [6.07, 6.45) is 3.46. The van der Waals surface area contributed by atoms with Gasteiger partial charge in [-0.25, -0.2) is 0 Å². The molecule has 0 unspecified atom stereocenters. The van der Waals surface area contributed by atoms with Gasteiger partial charge in [0.05, 0.1) is 0 Å². The summed E-state index contributed by atoms with van der Waals surface area (Å²) >= 11 is 6.25. The van der Waals surface area contributed by atoms with E-state index < -0.39 is 0 Å². The van der Waals surface area contributed by atoms with Crippen LogP contribution in [-0.4, -0.2) is 5.54 Å². The molecule has 15 heavy (non-hydrogen) atoms. The Bertz CT molecular complexity index is 361. The van der Waals surface area contributed by atoms with Crippen LogP contribution in [0.4, 0.5) is 0 Å². The lowest BCUT2D eigenvalue weighted by atomic mass is 9.95. The molecular weight excluding hydrogens is 206 g/mol. The van der Waals surface area contributed by atoms with Crippen LogP contribution in [0.25, 0.3) is 0 Å². The molecule has 0 aromatic heterocycles. The summed E-state index contributed by atoms with van der Waals surface area (Å²) in [5.74, 6) is 0.720. The average Bonchev–Trinajstić information content (AvgIpc) is 2.84. The smallest absolute Gasteiger partial charge is 0.0443 e. The number of benzene rings is 1. The molecule has 0 amide bonds. The summed E-state index contributed by atoms with van der Waals surface area (Å²) in [4.78, 5) is 0. The van der Waals surface area contributed by atoms with Gasteiger partial charge in [-0.3, -0.25) is 0 Å². The topological polar surface area (TPSA) is 26.0 Å². The van der Waals surface area contributed by atoms with Gasteiger partial charge in [0.2, 0.25) is 0 Å². The van der Waals surface area contributed by atoms with Crippen LogP contribution in [0.1, 0.15) is 43.7 Å². The van der Waals surface area contributed by atoms with Gasteiger partial charge in [-0.1, -0.05) is 23.7 Å². The van der Waals surface area contributed by atoms with E-state index in [-0.39, 0.29) is 5.54 Å². The summed E-state index contributed by atoms with van der Waals surface area (Å²) in [6, 6.07) is 6.40. The zero-order valence-corrected chi connectivity index (χ0v) is 10.1. The van der Waals surface area contributed by atoms with Gasteiger partial charge in [-0.2, -0.15) is 0 Å². The normalized spacial score (nSPS) is 16.8. The first-order valence-electron chi connectivity index (χ1n) is 5.53. The van der Waals surface area contributed by atoms with Gasteiger partial charge in [-0.05, 0) is 56.2 Å². The number of hydrogen-bond donors (Lipinski definition) is 1. The van der Waals surface area contributed by atoms with E-state index in [2.05, 4.69) is 18.2 Å². The molecule has 0 bridgehead atoms. The Morgan fingerprint density at radius 2 is 2.07 bits per heavy atom. The fourth-order valence-corrected chi connectivity index (χ4v) is 2.29. The maximum Gasteiger partial charge on any atom is 0.0443 e. The Kier molecular flexibility index (Phi) is 2.78. The molecule has 1 saturated carbocycles. The van der Waals surface area contributed by atoms with Crippen molar-refractivity contribution in [1.82, 2.24) is 0 Å². The van der Waals surface area contributed by atoms with E-state index in [1.807, 2.05) is 13.8 Å². The Balaban J connectivity index is 2.17. The number of halogens is 1. The average molecular weight is 224 g/mol. The minimum absolute atomic E-state index is 0.162. The minimum Gasteiger partial charge on any atom is -0.325 e. The van der Waals surface area contributed by atoms with E-state index in [0.717, 1.165) is 17.4 Å². The largest absolute Gasteiger partial charge is 0.325 e. The van der Waals surface area contributed by atoms with Crippen molar-refractivity contribution in [1.29, 1.82) is 0 Å². The van der Waals surface area contributed by atoms with Crippen LogP contribution in [0, 0.1) is 0 Å². The Hall–Kier alpha value is -0.530. The minimum atomic E-state index is -0.162. The van der Waals surface area contributed by atoms with Crippen molar-refractivity contribution in [2.24, 2.45) is 5.73 Å². The summed E-state index contributed by atoms with van der Waals surface area (Å²) in [5, 5.41) is 0.916. The van der Waals surface area contributed by atoms with Gasteiger partial charge in [0.1, 0.15) is 0 Å². The molecule has 0 atom stereocenters.